The summed E-state index contributed by atoms with van der Waals surface area (Å²) in [5, 5.41) is 16.2. The Kier molecular flexibility index (Phi) is 3.87. The third-order valence-electron chi connectivity index (χ3n) is 2.76. The molecule has 1 aromatic carbocycles. The molecule has 0 aliphatic heterocycles. The summed E-state index contributed by atoms with van der Waals surface area (Å²) in [4.78, 5) is 11.4. The molecular weight excluding hydrogens is 290 g/mol. The van der Waals surface area contributed by atoms with Gasteiger partial charge in [0.2, 0.25) is 5.27 Å². The number of para-hydroxylation sites is 2. The number of aryl methyl sites for hydroxylation is 1. The molecular formula is C13H13N5O2S. The van der Waals surface area contributed by atoms with Crippen LogP contribution in [0.3, 0.4) is 0 Å². The van der Waals surface area contributed by atoms with Gasteiger partial charge in [-0.25, -0.2) is 9.98 Å². The Hall–Kier alpha value is -2.35. The van der Waals surface area contributed by atoms with Gasteiger partial charge in [-0.2, -0.15) is 0 Å². The molecule has 2 heterocycles. The van der Waals surface area contributed by atoms with E-state index < -0.39 is 0 Å². The molecule has 0 saturated carbocycles. The summed E-state index contributed by atoms with van der Waals surface area (Å²) in [5.74, 6) is 0.110. The quantitative estimate of drug-likeness (QED) is 0.329. The number of hydrogen-bond acceptors (Lipinski definition) is 6. The molecule has 0 aliphatic carbocycles. The predicted octanol–water partition coefficient (Wildman–Crippen LogP) is 1.04. The van der Waals surface area contributed by atoms with Crippen molar-refractivity contribution >= 4 is 34.6 Å². The molecule has 108 valence electrons. The van der Waals surface area contributed by atoms with E-state index in [2.05, 4.69) is 20.2 Å². The molecule has 8 heteroatoms. The number of nitrogens with one attached hydrogen (secondary N) is 1. The number of aromatic amines is 1. The monoisotopic (exact) mass is 303 g/mol. The number of fused-ring (bicyclic) bond motifs is 1. The number of rotatable bonds is 5. The van der Waals surface area contributed by atoms with Crippen LogP contribution in [0.1, 0.15) is 6.92 Å². The highest BCUT2D eigenvalue weighted by molar-refractivity contribution is 7.99. The Labute approximate surface area is 124 Å². The molecule has 0 bridgehead atoms. The zero-order valence-electron chi connectivity index (χ0n) is 11.3. The maximum Gasteiger partial charge on any atom is 0.320 e. The summed E-state index contributed by atoms with van der Waals surface area (Å²) in [6.45, 7) is 2.59. The van der Waals surface area contributed by atoms with Crippen LogP contribution < -0.4 is 9.79 Å². The van der Waals surface area contributed by atoms with Gasteiger partial charge in [0.05, 0.1) is 11.0 Å². The van der Waals surface area contributed by atoms with Crippen LogP contribution >= 0.6 is 11.8 Å². The predicted molar refractivity (Wildman–Crippen MR) is 76.3 cm³/mol. The number of imidazole rings is 1. The lowest BCUT2D eigenvalue weighted by molar-refractivity contribution is -0.759. The Bertz CT molecular complexity index is 747. The Morgan fingerprint density at radius 3 is 3.10 bits per heavy atom. The Morgan fingerprint density at radius 2 is 2.33 bits per heavy atom. The molecule has 0 aliphatic rings. The van der Waals surface area contributed by atoms with Crippen LogP contribution in [-0.2, 0) is 6.54 Å². The fourth-order valence-corrected chi connectivity index (χ4v) is 2.42. The van der Waals surface area contributed by atoms with Gasteiger partial charge in [-0.15, -0.1) is 0 Å². The van der Waals surface area contributed by atoms with E-state index in [0.29, 0.717) is 11.7 Å². The Morgan fingerprint density at radius 1 is 1.48 bits per heavy atom. The molecule has 2 aromatic heterocycles. The highest BCUT2D eigenvalue weighted by atomic mass is 32.2. The maximum absolute atomic E-state index is 11.8. The first kappa shape index (κ1) is 13.6. The first-order chi connectivity index (χ1) is 10.2. The molecule has 0 unspecified atom stereocenters. The van der Waals surface area contributed by atoms with E-state index in [1.165, 1.54) is 11.8 Å². The highest BCUT2D eigenvalue weighted by Crippen LogP contribution is 2.19. The van der Waals surface area contributed by atoms with E-state index in [0.717, 1.165) is 11.0 Å². The van der Waals surface area contributed by atoms with Crippen LogP contribution in [0.5, 0.6) is 0 Å². The molecule has 3 aromatic rings. The second-order valence-corrected chi connectivity index (χ2v) is 5.21. The van der Waals surface area contributed by atoms with E-state index in [1.807, 2.05) is 31.2 Å². The fraction of sp³-hybridized carbons (Fsp3) is 0.231. The van der Waals surface area contributed by atoms with E-state index in [1.54, 1.807) is 10.9 Å². The summed E-state index contributed by atoms with van der Waals surface area (Å²) < 4.78 is 6.49. The van der Waals surface area contributed by atoms with Crippen LogP contribution in [0, 0.1) is 0 Å². The normalized spacial score (nSPS) is 12.1. The van der Waals surface area contributed by atoms with Crippen molar-refractivity contribution in [3.05, 3.63) is 30.5 Å². The molecule has 0 saturated heterocycles. The smallest absolute Gasteiger partial charge is 0.320 e. The molecule has 0 amide bonds. The van der Waals surface area contributed by atoms with E-state index in [4.69, 9.17) is 4.52 Å². The average molecular weight is 303 g/mol. The molecule has 7 nitrogen and oxygen atoms in total. The van der Waals surface area contributed by atoms with Gasteiger partial charge in [-0.1, -0.05) is 28.6 Å². The summed E-state index contributed by atoms with van der Waals surface area (Å²) in [6, 6.07) is 7.71. The van der Waals surface area contributed by atoms with E-state index in [-0.39, 0.29) is 17.5 Å². The van der Waals surface area contributed by atoms with Gasteiger partial charge in [0.1, 0.15) is 0 Å². The minimum absolute atomic E-state index is 0.187. The lowest BCUT2D eigenvalue weighted by Crippen LogP contribution is -2.32. The van der Waals surface area contributed by atoms with Crippen molar-refractivity contribution in [1.29, 1.82) is 0 Å². The van der Waals surface area contributed by atoms with Gasteiger partial charge in [0.25, 0.3) is 6.20 Å². The third-order valence-corrected chi connectivity index (χ3v) is 3.62. The van der Waals surface area contributed by atoms with Gasteiger partial charge < -0.3 is 10.1 Å². The van der Waals surface area contributed by atoms with Crippen molar-refractivity contribution in [3.8, 4) is 0 Å². The van der Waals surface area contributed by atoms with E-state index >= 15 is 0 Å². The van der Waals surface area contributed by atoms with Crippen molar-refractivity contribution in [2.75, 3.05) is 5.75 Å². The van der Waals surface area contributed by atoms with Crippen LogP contribution in [0.4, 0.5) is 5.88 Å². The lowest BCUT2D eigenvalue weighted by atomic mass is 10.3. The van der Waals surface area contributed by atoms with Crippen molar-refractivity contribution in [2.45, 2.75) is 18.6 Å². The lowest BCUT2D eigenvalue weighted by Gasteiger charge is -2.06. The first-order valence-corrected chi connectivity index (χ1v) is 7.41. The van der Waals surface area contributed by atoms with Gasteiger partial charge in [-0.05, 0) is 25.0 Å². The average Bonchev–Trinajstić information content (AvgIpc) is 3.10. The molecule has 21 heavy (non-hydrogen) atoms. The molecule has 3 rings (SSSR count). The van der Waals surface area contributed by atoms with E-state index in [9.17, 15) is 5.11 Å². The number of hydrogen-bond donors (Lipinski definition) is 1. The number of aliphatic imine (C=N–C) groups is 1. The Balaban J connectivity index is 1.66. The standard InChI is InChI=1S/C13H13N5O2S/c1-2-18-7-12(20-17-18)16-11(19)8-21-13-14-9-5-3-4-6-10(9)15-13/h3-7H,2,8H2,1H3,(H-,14,15,16,17,19). The zero-order valence-corrected chi connectivity index (χ0v) is 12.1. The second kappa shape index (κ2) is 5.96. The number of thioether (sulfide) groups is 1. The highest BCUT2D eigenvalue weighted by Gasteiger charge is 2.07. The zero-order chi connectivity index (χ0) is 14.7. The maximum atomic E-state index is 11.8. The largest absolute Gasteiger partial charge is 0.861 e. The second-order valence-electron chi connectivity index (χ2n) is 4.25. The minimum Gasteiger partial charge on any atom is -0.861 e. The minimum atomic E-state index is -0.292. The fourth-order valence-electron chi connectivity index (χ4n) is 1.75. The molecule has 0 radical (unpaired) electrons. The molecule has 0 spiro atoms. The van der Waals surface area contributed by atoms with Crippen molar-refractivity contribution < 1.29 is 14.3 Å². The number of benzene rings is 1. The van der Waals surface area contributed by atoms with Gasteiger partial charge in [-0.3, -0.25) is 4.52 Å². The molecule has 0 fully saturated rings. The van der Waals surface area contributed by atoms with Crippen molar-refractivity contribution in [1.82, 2.24) is 15.2 Å². The number of nitrogens with zero attached hydrogens (tertiary/aromatic N) is 4. The summed E-state index contributed by atoms with van der Waals surface area (Å²) in [7, 11) is 0. The van der Waals surface area contributed by atoms with Crippen molar-refractivity contribution in [2.24, 2.45) is 4.99 Å². The summed E-state index contributed by atoms with van der Waals surface area (Å²) in [6.07, 6.45) is 1.59. The topological polar surface area (TPSA) is 94.0 Å². The molecule has 1 N–H and O–H groups in total. The van der Waals surface area contributed by atoms with Crippen LogP contribution in [-0.4, -0.2) is 26.9 Å². The van der Waals surface area contributed by atoms with Crippen LogP contribution in [0.15, 0.2) is 45.1 Å². The van der Waals surface area contributed by atoms with Gasteiger partial charge in [0.15, 0.2) is 11.7 Å². The van der Waals surface area contributed by atoms with Crippen LogP contribution in [0.25, 0.3) is 11.0 Å². The number of H-pyrrole nitrogens is 1. The SMILES string of the molecule is CC[n+]1cc(/N=C(/[O-])CSc2nc3ccccc3[nH]2)on1. The summed E-state index contributed by atoms with van der Waals surface area (Å²) in [5.41, 5.74) is 1.83. The van der Waals surface area contributed by atoms with Crippen LogP contribution in [0.2, 0.25) is 0 Å². The number of aromatic nitrogens is 4. The third kappa shape index (κ3) is 3.22. The van der Waals surface area contributed by atoms with Gasteiger partial charge in [0, 0.05) is 5.75 Å². The summed E-state index contributed by atoms with van der Waals surface area (Å²) >= 11 is 1.31. The van der Waals surface area contributed by atoms with Crippen molar-refractivity contribution in [3.63, 3.8) is 0 Å². The molecule has 0 atom stereocenters. The van der Waals surface area contributed by atoms with Gasteiger partial charge >= 0.3 is 5.88 Å². The first-order valence-electron chi connectivity index (χ1n) is 6.43.